The van der Waals surface area contributed by atoms with Crippen LogP contribution in [0.15, 0.2) is 46.5 Å². The number of carbonyl (C=O) groups is 1. The second kappa shape index (κ2) is 6.90. The van der Waals surface area contributed by atoms with Crippen LogP contribution in [-0.4, -0.2) is 11.0 Å². The highest BCUT2D eigenvalue weighted by Crippen LogP contribution is 2.45. The van der Waals surface area contributed by atoms with E-state index in [0.717, 1.165) is 41.1 Å². The number of esters is 1. The summed E-state index contributed by atoms with van der Waals surface area (Å²) < 4.78 is 5.63. The summed E-state index contributed by atoms with van der Waals surface area (Å²) >= 11 is 9.19. The molecule has 3 aromatic rings. The molecule has 1 saturated carbocycles. The predicted molar refractivity (Wildman–Crippen MR) is 102 cm³/mol. The lowest BCUT2D eigenvalue weighted by Gasteiger charge is -2.39. The van der Waals surface area contributed by atoms with E-state index in [1.165, 1.54) is 0 Å². The number of halogens is 1. The van der Waals surface area contributed by atoms with Gasteiger partial charge < -0.3 is 4.74 Å². The molecule has 2 heterocycles. The molecule has 0 spiro atoms. The zero-order valence-electron chi connectivity index (χ0n) is 13.4. The van der Waals surface area contributed by atoms with Crippen molar-refractivity contribution in [1.82, 2.24) is 4.98 Å². The van der Waals surface area contributed by atoms with Crippen LogP contribution in [0.2, 0.25) is 5.02 Å². The summed E-state index contributed by atoms with van der Waals surface area (Å²) in [5.74, 6) is -0.161. The number of carbonyl (C=O) groups excluding carboxylic acids is 1. The van der Waals surface area contributed by atoms with E-state index >= 15 is 0 Å². The Hall–Kier alpha value is -1.69. The lowest BCUT2D eigenvalue weighted by atomic mass is 9.64. The molecule has 0 atom stereocenters. The Kier molecular flexibility index (Phi) is 4.63. The lowest BCUT2D eigenvalue weighted by molar-refractivity contribution is -0.156. The second-order valence-corrected chi connectivity index (χ2v) is 8.25. The Balaban J connectivity index is 1.45. The fraction of sp³-hybridized carbons (Fsp3) is 0.263. The number of thiophene rings is 1. The lowest BCUT2D eigenvalue weighted by Crippen LogP contribution is -2.43. The first-order valence-electron chi connectivity index (χ1n) is 8.08. The molecule has 25 heavy (non-hydrogen) atoms. The van der Waals surface area contributed by atoms with Gasteiger partial charge in [0.2, 0.25) is 0 Å². The fourth-order valence-corrected chi connectivity index (χ4v) is 4.72. The Morgan fingerprint density at radius 2 is 2.00 bits per heavy atom. The Morgan fingerprint density at radius 1 is 1.20 bits per heavy atom. The molecule has 1 aliphatic carbocycles. The minimum absolute atomic E-state index is 0.161. The highest BCUT2D eigenvalue weighted by Gasteiger charge is 2.47. The number of hydrogen-bond donors (Lipinski definition) is 0. The van der Waals surface area contributed by atoms with Gasteiger partial charge in [-0.3, -0.25) is 4.79 Å². The predicted octanol–water partition coefficient (Wildman–Crippen LogP) is 5.69. The molecule has 1 aliphatic rings. The van der Waals surface area contributed by atoms with E-state index in [0.29, 0.717) is 5.02 Å². The van der Waals surface area contributed by atoms with Crippen molar-refractivity contribution in [2.24, 2.45) is 0 Å². The summed E-state index contributed by atoms with van der Waals surface area (Å²) in [7, 11) is 0. The van der Waals surface area contributed by atoms with E-state index < -0.39 is 5.41 Å². The molecule has 0 bridgehead atoms. The van der Waals surface area contributed by atoms with Gasteiger partial charge in [0.1, 0.15) is 11.6 Å². The highest BCUT2D eigenvalue weighted by molar-refractivity contribution is 7.14. The van der Waals surface area contributed by atoms with E-state index in [-0.39, 0.29) is 12.6 Å². The zero-order chi connectivity index (χ0) is 17.3. The average molecular weight is 390 g/mol. The Morgan fingerprint density at radius 3 is 2.64 bits per heavy atom. The molecule has 0 unspecified atom stereocenters. The van der Waals surface area contributed by atoms with Crippen molar-refractivity contribution in [2.45, 2.75) is 31.3 Å². The molecule has 0 radical (unpaired) electrons. The van der Waals surface area contributed by atoms with Gasteiger partial charge in [0.05, 0.1) is 11.1 Å². The third kappa shape index (κ3) is 3.24. The van der Waals surface area contributed by atoms with E-state index in [1.807, 2.05) is 41.1 Å². The van der Waals surface area contributed by atoms with Crippen molar-refractivity contribution in [1.29, 1.82) is 0 Å². The maximum absolute atomic E-state index is 12.8. The first-order chi connectivity index (χ1) is 12.2. The molecular formula is C19H16ClNO2S2. The third-order valence-electron chi connectivity index (χ3n) is 4.67. The van der Waals surface area contributed by atoms with E-state index in [4.69, 9.17) is 16.3 Å². The number of rotatable bonds is 5. The first kappa shape index (κ1) is 16.8. The van der Waals surface area contributed by atoms with Gasteiger partial charge >= 0.3 is 5.97 Å². The van der Waals surface area contributed by atoms with Crippen molar-refractivity contribution in [3.05, 3.63) is 62.8 Å². The summed E-state index contributed by atoms with van der Waals surface area (Å²) in [6.07, 6.45) is 2.69. The van der Waals surface area contributed by atoms with Gasteiger partial charge in [-0.2, -0.15) is 11.3 Å². The van der Waals surface area contributed by atoms with Crippen LogP contribution in [0, 0.1) is 0 Å². The van der Waals surface area contributed by atoms with Crippen LogP contribution in [0.25, 0.3) is 10.6 Å². The molecule has 4 rings (SSSR count). The second-order valence-electron chi connectivity index (χ2n) is 6.17. The summed E-state index contributed by atoms with van der Waals surface area (Å²) in [4.78, 5) is 17.3. The summed E-state index contributed by atoms with van der Waals surface area (Å²) in [5.41, 5.74) is 2.39. The molecule has 0 amide bonds. The third-order valence-corrected chi connectivity index (χ3v) is 6.54. The number of aromatic nitrogens is 1. The molecule has 128 valence electrons. The largest absolute Gasteiger partial charge is 0.458 e. The summed E-state index contributed by atoms with van der Waals surface area (Å²) in [5, 5.41) is 7.69. The van der Waals surface area contributed by atoms with Gasteiger partial charge in [0, 0.05) is 21.3 Å². The van der Waals surface area contributed by atoms with E-state index in [2.05, 4.69) is 10.4 Å². The Labute approximate surface area is 159 Å². The minimum atomic E-state index is -0.517. The number of thiazole rings is 1. The van der Waals surface area contributed by atoms with E-state index in [1.54, 1.807) is 22.7 Å². The number of nitrogens with zero attached hydrogens (tertiary/aromatic N) is 1. The van der Waals surface area contributed by atoms with Gasteiger partial charge in [0.15, 0.2) is 0 Å². The molecule has 2 aromatic heterocycles. The van der Waals surface area contributed by atoms with Gasteiger partial charge in [-0.05, 0) is 42.0 Å². The fourth-order valence-electron chi connectivity index (χ4n) is 3.08. The van der Waals surface area contributed by atoms with Crippen LogP contribution in [0.1, 0.15) is 30.5 Å². The monoisotopic (exact) mass is 389 g/mol. The molecule has 1 aromatic carbocycles. The van der Waals surface area contributed by atoms with Crippen molar-refractivity contribution in [3.63, 3.8) is 0 Å². The van der Waals surface area contributed by atoms with Crippen molar-refractivity contribution < 1.29 is 9.53 Å². The SMILES string of the molecule is O=C(OCc1csc(-c2ccsc2)n1)C1(c2ccc(Cl)cc2)CCC1. The molecule has 0 N–H and O–H groups in total. The first-order valence-corrected chi connectivity index (χ1v) is 10.3. The van der Waals surface area contributed by atoms with Crippen molar-refractivity contribution >= 4 is 40.2 Å². The quantitative estimate of drug-likeness (QED) is 0.526. The number of hydrogen-bond acceptors (Lipinski definition) is 5. The smallest absolute Gasteiger partial charge is 0.316 e. The summed E-state index contributed by atoms with van der Waals surface area (Å²) in [6, 6.07) is 9.57. The summed E-state index contributed by atoms with van der Waals surface area (Å²) in [6.45, 7) is 0.217. The molecule has 0 saturated heterocycles. The van der Waals surface area contributed by atoms with Crippen molar-refractivity contribution in [2.75, 3.05) is 0 Å². The number of ether oxygens (including phenoxy) is 1. The van der Waals surface area contributed by atoms with Crippen LogP contribution in [0.4, 0.5) is 0 Å². The maximum Gasteiger partial charge on any atom is 0.316 e. The van der Waals surface area contributed by atoms with Gasteiger partial charge in [0.25, 0.3) is 0 Å². The van der Waals surface area contributed by atoms with E-state index in [9.17, 15) is 4.79 Å². The normalized spacial score (nSPS) is 15.6. The number of benzene rings is 1. The van der Waals surface area contributed by atoms with Crippen LogP contribution in [0.3, 0.4) is 0 Å². The van der Waals surface area contributed by atoms with Gasteiger partial charge in [-0.1, -0.05) is 30.2 Å². The van der Waals surface area contributed by atoms with Crippen LogP contribution < -0.4 is 0 Å². The molecule has 6 heteroatoms. The minimum Gasteiger partial charge on any atom is -0.458 e. The van der Waals surface area contributed by atoms with Crippen molar-refractivity contribution in [3.8, 4) is 10.6 Å². The average Bonchev–Trinajstić information content (AvgIpc) is 3.25. The van der Waals surface area contributed by atoms with Crippen LogP contribution in [0.5, 0.6) is 0 Å². The Bertz CT molecular complexity index is 867. The van der Waals surface area contributed by atoms with Gasteiger partial charge in [-0.15, -0.1) is 11.3 Å². The molecule has 0 aliphatic heterocycles. The van der Waals surface area contributed by atoms with Crippen LogP contribution >= 0.6 is 34.3 Å². The standard InChI is InChI=1S/C19H16ClNO2S2/c20-15-4-2-14(3-5-15)19(7-1-8-19)18(22)23-10-16-12-25-17(21-16)13-6-9-24-11-13/h2-6,9,11-12H,1,7-8,10H2. The zero-order valence-corrected chi connectivity index (χ0v) is 15.8. The molecule has 3 nitrogen and oxygen atoms in total. The topological polar surface area (TPSA) is 39.2 Å². The highest BCUT2D eigenvalue weighted by atomic mass is 35.5. The van der Waals surface area contributed by atoms with Crippen LogP contribution in [-0.2, 0) is 21.6 Å². The maximum atomic E-state index is 12.8. The van der Waals surface area contributed by atoms with Gasteiger partial charge in [-0.25, -0.2) is 4.98 Å². The molecule has 1 fully saturated rings. The molecular weight excluding hydrogens is 374 g/mol.